The van der Waals surface area contributed by atoms with Crippen LogP contribution in [0.15, 0.2) is 6.07 Å². The Morgan fingerprint density at radius 2 is 1.90 bits per heavy atom. The zero-order valence-corrected chi connectivity index (χ0v) is 10.4. The zero-order valence-electron chi connectivity index (χ0n) is 10.4. The second-order valence-electron chi connectivity index (χ2n) is 3.76. The van der Waals surface area contributed by atoms with Gasteiger partial charge in [0, 0.05) is 0 Å². The molecular weight excluding hydrogens is 304 g/mol. The van der Waals surface area contributed by atoms with Gasteiger partial charge in [-0.3, -0.25) is 4.79 Å². The fourth-order valence-corrected chi connectivity index (χ4v) is 1.54. The number of halogens is 6. The number of nitriles is 1. The van der Waals surface area contributed by atoms with Gasteiger partial charge in [-0.25, -0.2) is 13.2 Å². The van der Waals surface area contributed by atoms with E-state index in [2.05, 4.69) is 4.74 Å². The standard InChI is InChI=1S/C12H7F6NO2/c1-2-21-11(20)5(4-19)8-7(13)3-6(12(16,17)18)9(14)10(8)15/h3,5H,2H2,1H3. The molecule has 1 rings (SSSR count). The van der Waals surface area contributed by atoms with Crippen molar-refractivity contribution in [2.45, 2.75) is 19.0 Å². The highest BCUT2D eigenvalue weighted by Gasteiger charge is 2.40. The Kier molecular flexibility index (Phi) is 4.83. The van der Waals surface area contributed by atoms with E-state index < -0.39 is 46.6 Å². The van der Waals surface area contributed by atoms with Gasteiger partial charge in [0.25, 0.3) is 0 Å². The summed E-state index contributed by atoms with van der Waals surface area (Å²) >= 11 is 0. The maximum atomic E-state index is 13.6. The Bertz CT molecular complexity index is 605. The molecule has 0 aliphatic carbocycles. The molecule has 114 valence electrons. The van der Waals surface area contributed by atoms with Gasteiger partial charge in [-0.2, -0.15) is 18.4 Å². The molecule has 0 aromatic heterocycles. The van der Waals surface area contributed by atoms with Crippen molar-refractivity contribution in [3.8, 4) is 6.07 Å². The number of rotatable bonds is 3. The van der Waals surface area contributed by atoms with E-state index in [-0.39, 0.29) is 12.7 Å². The van der Waals surface area contributed by atoms with Gasteiger partial charge in [0.1, 0.15) is 5.82 Å². The lowest BCUT2D eigenvalue weighted by Crippen LogP contribution is -2.20. The molecule has 0 bridgehead atoms. The van der Waals surface area contributed by atoms with Gasteiger partial charge in [-0.05, 0) is 13.0 Å². The monoisotopic (exact) mass is 311 g/mol. The molecule has 0 aliphatic rings. The summed E-state index contributed by atoms with van der Waals surface area (Å²) in [6.07, 6.45) is -5.32. The average Bonchev–Trinajstić information content (AvgIpc) is 2.37. The van der Waals surface area contributed by atoms with Crippen molar-refractivity contribution in [2.75, 3.05) is 6.61 Å². The number of hydrogen-bond donors (Lipinski definition) is 0. The Morgan fingerprint density at radius 3 is 2.33 bits per heavy atom. The molecule has 1 atom stereocenters. The average molecular weight is 311 g/mol. The summed E-state index contributed by atoms with van der Waals surface area (Å²) in [6.45, 7) is 1.11. The lowest BCUT2D eigenvalue weighted by atomic mass is 9.97. The third kappa shape index (κ3) is 3.26. The highest BCUT2D eigenvalue weighted by Crippen LogP contribution is 2.36. The SMILES string of the molecule is CCOC(=O)C(C#N)c1c(F)cc(C(F)(F)F)c(F)c1F. The van der Waals surface area contributed by atoms with Crippen molar-refractivity contribution in [2.24, 2.45) is 0 Å². The molecule has 1 aromatic carbocycles. The smallest absolute Gasteiger partial charge is 0.419 e. The molecule has 3 nitrogen and oxygen atoms in total. The number of carbonyl (C=O) groups excluding carboxylic acids is 1. The van der Waals surface area contributed by atoms with Crippen LogP contribution in [0.5, 0.6) is 0 Å². The minimum absolute atomic E-state index is 0.233. The molecule has 0 fully saturated rings. The van der Waals surface area contributed by atoms with Crippen LogP contribution >= 0.6 is 0 Å². The molecule has 9 heteroatoms. The van der Waals surface area contributed by atoms with Gasteiger partial charge in [-0.1, -0.05) is 0 Å². The van der Waals surface area contributed by atoms with E-state index in [1.807, 2.05) is 0 Å². The number of ether oxygens (including phenoxy) is 1. The van der Waals surface area contributed by atoms with E-state index in [9.17, 15) is 31.1 Å². The molecule has 21 heavy (non-hydrogen) atoms. The number of carbonyl (C=O) groups is 1. The quantitative estimate of drug-likeness (QED) is 0.489. The van der Waals surface area contributed by atoms with E-state index in [0.29, 0.717) is 0 Å². The van der Waals surface area contributed by atoms with Gasteiger partial charge < -0.3 is 4.74 Å². The minimum Gasteiger partial charge on any atom is -0.465 e. The Morgan fingerprint density at radius 1 is 1.33 bits per heavy atom. The van der Waals surface area contributed by atoms with Gasteiger partial charge in [0.2, 0.25) is 0 Å². The van der Waals surface area contributed by atoms with Crippen LogP contribution in [-0.2, 0) is 15.7 Å². The number of alkyl halides is 3. The maximum absolute atomic E-state index is 13.6. The van der Waals surface area contributed by atoms with E-state index >= 15 is 0 Å². The molecule has 0 saturated heterocycles. The van der Waals surface area contributed by atoms with Crippen molar-refractivity contribution in [1.29, 1.82) is 5.26 Å². The van der Waals surface area contributed by atoms with Crippen molar-refractivity contribution >= 4 is 5.97 Å². The molecule has 0 N–H and O–H groups in total. The van der Waals surface area contributed by atoms with E-state index in [1.165, 1.54) is 13.0 Å². The first-order valence-electron chi connectivity index (χ1n) is 5.45. The van der Waals surface area contributed by atoms with Crippen LogP contribution in [-0.4, -0.2) is 12.6 Å². The summed E-state index contributed by atoms with van der Waals surface area (Å²) in [6, 6.07) is 0.859. The predicted molar refractivity (Wildman–Crippen MR) is 56.3 cm³/mol. The van der Waals surface area contributed by atoms with Crippen molar-refractivity contribution < 1.29 is 35.9 Å². The molecule has 0 spiro atoms. The lowest BCUT2D eigenvalue weighted by molar-refractivity contribution is -0.143. The van der Waals surface area contributed by atoms with E-state index in [1.54, 1.807) is 0 Å². The third-order valence-electron chi connectivity index (χ3n) is 2.44. The summed E-state index contributed by atoms with van der Waals surface area (Å²) in [7, 11) is 0. The summed E-state index contributed by atoms with van der Waals surface area (Å²) in [5.74, 6) is -10.1. The molecule has 1 aromatic rings. The van der Waals surface area contributed by atoms with Crippen LogP contribution in [0.3, 0.4) is 0 Å². The lowest BCUT2D eigenvalue weighted by Gasteiger charge is -2.14. The summed E-state index contributed by atoms with van der Waals surface area (Å²) in [5.41, 5.74) is -3.58. The van der Waals surface area contributed by atoms with Crippen LogP contribution < -0.4 is 0 Å². The number of esters is 1. The predicted octanol–water partition coefficient (Wildman–Crippen LogP) is 3.29. The van der Waals surface area contributed by atoms with Gasteiger partial charge >= 0.3 is 12.1 Å². The first-order chi connectivity index (χ1) is 9.65. The van der Waals surface area contributed by atoms with Gasteiger partial charge in [-0.15, -0.1) is 0 Å². The Labute approximate surface area is 114 Å². The highest BCUT2D eigenvalue weighted by atomic mass is 19.4. The summed E-state index contributed by atoms with van der Waals surface area (Å²) in [4.78, 5) is 11.3. The molecule has 0 heterocycles. The van der Waals surface area contributed by atoms with Gasteiger partial charge in [0.15, 0.2) is 17.6 Å². The zero-order chi connectivity index (χ0) is 16.4. The van der Waals surface area contributed by atoms with E-state index in [0.717, 1.165) is 0 Å². The van der Waals surface area contributed by atoms with Crippen LogP contribution in [0, 0.1) is 28.8 Å². The molecule has 0 saturated carbocycles. The highest BCUT2D eigenvalue weighted by molar-refractivity contribution is 5.81. The Hall–Kier alpha value is -2.24. The molecule has 0 aliphatic heterocycles. The number of nitrogens with zero attached hydrogens (tertiary/aromatic N) is 1. The van der Waals surface area contributed by atoms with Crippen LogP contribution in [0.25, 0.3) is 0 Å². The van der Waals surface area contributed by atoms with E-state index in [4.69, 9.17) is 5.26 Å². The number of hydrogen-bond acceptors (Lipinski definition) is 3. The van der Waals surface area contributed by atoms with Crippen LogP contribution in [0.4, 0.5) is 26.3 Å². The normalized spacial score (nSPS) is 12.7. The second kappa shape index (κ2) is 6.03. The fourth-order valence-electron chi connectivity index (χ4n) is 1.54. The van der Waals surface area contributed by atoms with Crippen molar-refractivity contribution in [3.63, 3.8) is 0 Å². The molecule has 1 unspecified atom stereocenters. The van der Waals surface area contributed by atoms with Crippen LogP contribution in [0.1, 0.15) is 24.0 Å². The Balaban J connectivity index is 3.49. The van der Waals surface area contributed by atoms with Crippen molar-refractivity contribution in [1.82, 2.24) is 0 Å². The second-order valence-corrected chi connectivity index (χ2v) is 3.76. The largest absolute Gasteiger partial charge is 0.465 e. The topological polar surface area (TPSA) is 50.1 Å². The third-order valence-corrected chi connectivity index (χ3v) is 2.44. The van der Waals surface area contributed by atoms with Crippen molar-refractivity contribution in [3.05, 3.63) is 34.6 Å². The fraction of sp³-hybridized carbons (Fsp3) is 0.333. The summed E-state index contributed by atoms with van der Waals surface area (Å²) < 4.78 is 82.0. The number of benzene rings is 1. The molecular formula is C12H7F6NO2. The van der Waals surface area contributed by atoms with Crippen LogP contribution in [0.2, 0.25) is 0 Å². The first kappa shape index (κ1) is 16.8. The molecule has 0 radical (unpaired) electrons. The summed E-state index contributed by atoms with van der Waals surface area (Å²) in [5, 5.41) is 8.72. The first-order valence-corrected chi connectivity index (χ1v) is 5.45. The maximum Gasteiger partial charge on any atom is 0.419 e. The molecule has 0 amide bonds. The van der Waals surface area contributed by atoms with Gasteiger partial charge in [0.05, 0.1) is 23.8 Å². The minimum atomic E-state index is -5.32.